The number of hydrogen-bond acceptors (Lipinski definition) is 7. The highest BCUT2D eigenvalue weighted by molar-refractivity contribution is 5.81. The molecule has 0 radical (unpaired) electrons. The molecule has 7 heteroatoms. The van der Waals surface area contributed by atoms with Gasteiger partial charge in [0.1, 0.15) is 11.4 Å². The Morgan fingerprint density at radius 2 is 2.07 bits per heavy atom. The molecule has 0 amide bonds. The van der Waals surface area contributed by atoms with Crippen LogP contribution >= 0.6 is 0 Å². The second-order valence-electron chi connectivity index (χ2n) is 7.99. The molecule has 1 fully saturated rings. The predicted octanol–water partition coefficient (Wildman–Crippen LogP) is 2.77. The highest BCUT2D eigenvalue weighted by Crippen LogP contribution is 2.40. The number of nitrogens with zero attached hydrogens (tertiary/aromatic N) is 6. The smallest absolute Gasteiger partial charge is 0.175 e. The van der Waals surface area contributed by atoms with Gasteiger partial charge in [0.2, 0.25) is 0 Å². The van der Waals surface area contributed by atoms with E-state index in [1.54, 1.807) is 12.1 Å². The van der Waals surface area contributed by atoms with E-state index >= 15 is 0 Å². The summed E-state index contributed by atoms with van der Waals surface area (Å²) >= 11 is 0. The Labute approximate surface area is 172 Å². The molecule has 1 aromatic carbocycles. The summed E-state index contributed by atoms with van der Waals surface area (Å²) in [5, 5.41) is 28.6. The molecule has 1 saturated heterocycles. The summed E-state index contributed by atoms with van der Waals surface area (Å²) in [5.74, 6) is 0.999. The van der Waals surface area contributed by atoms with Gasteiger partial charge in [-0.1, -0.05) is 6.92 Å². The van der Waals surface area contributed by atoms with Gasteiger partial charge in [0, 0.05) is 43.9 Å². The van der Waals surface area contributed by atoms with Gasteiger partial charge in [-0.05, 0) is 51.1 Å². The zero-order valence-electron chi connectivity index (χ0n) is 17.4. The molecule has 0 bridgehead atoms. The molecule has 29 heavy (non-hydrogen) atoms. The van der Waals surface area contributed by atoms with Crippen molar-refractivity contribution in [2.24, 2.45) is 0 Å². The first-order chi connectivity index (χ1) is 14.0. The Bertz CT molecular complexity index is 953. The molecule has 1 aromatic heterocycles. The van der Waals surface area contributed by atoms with E-state index in [1.807, 2.05) is 6.92 Å². The van der Waals surface area contributed by atoms with Gasteiger partial charge < -0.3 is 19.8 Å². The van der Waals surface area contributed by atoms with E-state index < -0.39 is 0 Å². The first-order valence-corrected chi connectivity index (χ1v) is 10.3. The first kappa shape index (κ1) is 19.5. The zero-order valence-corrected chi connectivity index (χ0v) is 17.4. The number of fused-ring (bicyclic) bond motifs is 1. The lowest BCUT2D eigenvalue weighted by Gasteiger charge is -2.44. The number of nitriles is 1. The summed E-state index contributed by atoms with van der Waals surface area (Å²) in [6.45, 7) is 9.47. The molecule has 1 unspecified atom stereocenters. The van der Waals surface area contributed by atoms with Crippen LogP contribution in [0.15, 0.2) is 18.2 Å². The van der Waals surface area contributed by atoms with E-state index in [4.69, 9.17) is 5.26 Å². The Kier molecular flexibility index (Phi) is 5.29. The third-order valence-electron chi connectivity index (χ3n) is 6.25. The quantitative estimate of drug-likeness (QED) is 0.860. The van der Waals surface area contributed by atoms with Crippen LogP contribution in [0.3, 0.4) is 0 Å². The minimum Gasteiger partial charge on any atom is -0.507 e. The summed E-state index contributed by atoms with van der Waals surface area (Å²) in [6, 6.07) is 7.44. The average Bonchev–Trinajstić information content (AvgIpc) is 2.74. The molecule has 2 aliphatic rings. The molecule has 0 saturated carbocycles. The molecule has 2 aromatic rings. The molecule has 1 N–H and O–H groups in total. The van der Waals surface area contributed by atoms with Crippen molar-refractivity contribution in [1.82, 2.24) is 15.1 Å². The molecule has 3 heterocycles. The minimum atomic E-state index is 0.0580. The van der Waals surface area contributed by atoms with Crippen LogP contribution in [0.5, 0.6) is 5.75 Å². The zero-order chi connectivity index (χ0) is 20.5. The summed E-state index contributed by atoms with van der Waals surface area (Å²) < 4.78 is 0. The normalized spacial score (nSPS) is 19.7. The van der Waals surface area contributed by atoms with E-state index in [0.29, 0.717) is 22.9 Å². The number of aromatic hydroxyl groups is 1. The summed E-state index contributed by atoms with van der Waals surface area (Å²) in [6.07, 6.45) is 2.39. The first-order valence-electron chi connectivity index (χ1n) is 10.3. The van der Waals surface area contributed by atoms with Gasteiger partial charge in [0.25, 0.3) is 0 Å². The molecule has 1 atom stereocenters. The van der Waals surface area contributed by atoms with Crippen molar-refractivity contribution in [2.45, 2.75) is 32.7 Å². The second-order valence-corrected chi connectivity index (χ2v) is 7.99. The average molecular weight is 393 g/mol. The third kappa shape index (κ3) is 3.49. The lowest BCUT2D eigenvalue weighted by molar-refractivity contribution is 0.212. The van der Waals surface area contributed by atoms with Crippen molar-refractivity contribution in [2.75, 3.05) is 49.6 Å². The van der Waals surface area contributed by atoms with Gasteiger partial charge >= 0.3 is 0 Å². The Morgan fingerprint density at radius 1 is 1.24 bits per heavy atom. The molecule has 2 aliphatic heterocycles. The molecular weight excluding hydrogens is 364 g/mol. The van der Waals surface area contributed by atoms with Crippen molar-refractivity contribution in [3.8, 4) is 23.1 Å². The van der Waals surface area contributed by atoms with Gasteiger partial charge in [0.05, 0.1) is 17.3 Å². The number of likely N-dealkylation sites (N-methyl/N-ethyl adjacent to an activating group) is 2. The number of piperidine rings is 1. The second kappa shape index (κ2) is 7.88. The van der Waals surface area contributed by atoms with Gasteiger partial charge in [-0.15, -0.1) is 10.2 Å². The van der Waals surface area contributed by atoms with E-state index in [0.717, 1.165) is 43.2 Å². The predicted molar refractivity (Wildman–Crippen MR) is 114 cm³/mol. The third-order valence-corrected chi connectivity index (χ3v) is 6.25. The maximum Gasteiger partial charge on any atom is 0.175 e. The van der Waals surface area contributed by atoms with Crippen LogP contribution in [0.1, 0.15) is 30.9 Å². The van der Waals surface area contributed by atoms with Crippen molar-refractivity contribution >= 4 is 11.5 Å². The summed E-state index contributed by atoms with van der Waals surface area (Å²) in [7, 11) is 2.09. The SMILES string of the molecule is CCN1CCCC(N2CCN(C)c3c2nnc(-c2ccc(C#N)cc2O)c3C)C1. The molecule has 4 rings (SSSR count). The van der Waals surface area contributed by atoms with Gasteiger partial charge in [0.15, 0.2) is 5.82 Å². The van der Waals surface area contributed by atoms with Crippen LogP contribution in [0.2, 0.25) is 0 Å². The molecule has 0 aliphatic carbocycles. The molecular formula is C22H28N6O. The van der Waals surface area contributed by atoms with Crippen molar-refractivity contribution < 1.29 is 5.11 Å². The monoisotopic (exact) mass is 392 g/mol. The lowest BCUT2D eigenvalue weighted by atomic mass is 10.00. The van der Waals surface area contributed by atoms with Crippen LogP contribution in [-0.2, 0) is 0 Å². The highest BCUT2D eigenvalue weighted by atomic mass is 16.3. The van der Waals surface area contributed by atoms with Gasteiger partial charge in [-0.3, -0.25) is 0 Å². The van der Waals surface area contributed by atoms with Gasteiger partial charge in [-0.2, -0.15) is 5.26 Å². The molecule has 0 spiro atoms. The fourth-order valence-electron chi connectivity index (χ4n) is 4.61. The van der Waals surface area contributed by atoms with E-state index in [1.165, 1.54) is 25.5 Å². The van der Waals surface area contributed by atoms with Crippen LogP contribution in [0.25, 0.3) is 11.3 Å². The fourth-order valence-corrected chi connectivity index (χ4v) is 4.61. The van der Waals surface area contributed by atoms with Crippen LogP contribution in [-0.4, -0.2) is 66.0 Å². The number of aromatic nitrogens is 2. The van der Waals surface area contributed by atoms with Gasteiger partial charge in [-0.25, -0.2) is 0 Å². The lowest BCUT2D eigenvalue weighted by Crippen LogP contribution is -2.52. The number of anilines is 2. The summed E-state index contributed by atoms with van der Waals surface area (Å²) in [5.41, 5.74) is 3.79. The number of phenolic OH excluding ortho intramolecular Hbond substituents is 1. The standard InChI is InChI=1S/C22H28N6O/c1-4-27-9-5-6-17(14-27)28-11-10-26(3)21-15(2)20(24-25-22(21)28)18-8-7-16(13-23)12-19(18)29/h7-8,12,17,29H,4-6,9-11,14H2,1-3H3. The maximum absolute atomic E-state index is 10.4. The van der Waals surface area contributed by atoms with E-state index in [2.05, 4.69) is 44.9 Å². The number of benzene rings is 1. The highest BCUT2D eigenvalue weighted by Gasteiger charge is 2.33. The maximum atomic E-state index is 10.4. The summed E-state index contributed by atoms with van der Waals surface area (Å²) in [4.78, 5) is 7.18. The van der Waals surface area contributed by atoms with Crippen molar-refractivity contribution in [3.63, 3.8) is 0 Å². The van der Waals surface area contributed by atoms with Crippen molar-refractivity contribution in [1.29, 1.82) is 5.26 Å². The van der Waals surface area contributed by atoms with Crippen LogP contribution in [0, 0.1) is 18.3 Å². The molecule has 152 valence electrons. The Hall–Kier alpha value is -2.85. The molecule has 7 nitrogen and oxygen atoms in total. The van der Waals surface area contributed by atoms with Crippen LogP contribution in [0.4, 0.5) is 11.5 Å². The Balaban J connectivity index is 1.74. The van der Waals surface area contributed by atoms with Crippen LogP contribution < -0.4 is 9.80 Å². The number of hydrogen-bond donors (Lipinski definition) is 1. The topological polar surface area (TPSA) is 79.5 Å². The number of rotatable bonds is 3. The van der Waals surface area contributed by atoms with Crippen molar-refractivity contribution in [3.05, 3.63) is 29.3 Å². The fraction of sp³-hybridized carbons (Fsp3) is 0.500. The number of likely N-dealkylation sites (tertiary alicyclic amines) is 1. The largest absolute Gasteiger partial charge is 0.507 e. The Morgan fingerprint density at radius 3 is 2.79 bits per heavy atom. The number of phenols is 1. The van der Waals surface area contributed by atoms with E-state index in [9.17, 15) is 5.11 Å². The minimum absolute atomic E-state index is 0.0580. The van der Waals surface area contributed by atoms with E-state index in [-0.39, 0.29) is 5.75 Å².